The van der Waals surface area contributed by atoms with Crippen molar-refractivity contribution < 1.29 is 13.2 Å². The van der Waals surface area contributed by atoms with Crippen LogP contribution in [0.25, 0.3) is 0 Å². The van der Waals surface area contributed by atoms with E-state index in [1.807, 2.05) is 0 Å². The van der Waals surface area contributed by atoms with Gasteiger partial charge >= 0.3 is 6.18 Å². The molecule has 0 saturated carbocycles. The quantitative estimate of drug-likeness (QED) is 0.864. The predicted octanol–water partition coefficient (Wildman–Crippen LogP) is 2.53. The normalized spacial score (nSPS) is 11.6. The van der Waals surface area contributed by atoms with Gasteiger partial charge in [0.15, 0.2) is 0 Å². The molecule has 0 amide bonds. The van der Waals surface area contributed by atoms with E-state index in [4.69, 9.17) is 5.73 Å². The summed E-state index contributed by atoms with van der Waals surface area (Å²) in [4.78, 5) is 1.28. The van der Waals surface area contributed by atoms with E-state index in [1.54, 1.807) is 31.2 Å². The molecule has 2 N–H and O–H groups in total. The molecule has 5 heteroatoms. The number of rotatable bonds is 4. The second-order valence-corrected chi connectivity index (χ2v) is 3.46. The van der Waals surface area contributed by atoms with Crippen molar-refractivity contribution in [1.29, 1.82) is 0 Å². The van der Waals surface area contributed by atoms with Crippen molar-refractivity contribution in [3.8, 4) is 0 Å². The van der Waals surface area contributed by atoms with Crippen molar-refractivity contribution in [3.63, 3.8) is 0 Å². The van der Waals surface area contributed by atoms with Gasteiger partial charge in [0.2, 0.25) is 0 Å². The minimum absolute atomic E-state index is 0.241. The lowest BCUT2D eigenvalue weighted by atomic mass is 10.1. The van der Waals surface area contributed by atoms with Crippen molar-refractivity contribution in [1.82, 2.24) is 0 Å². The van der Waals surface area contributed by atoms with Gasteiger partial charge in [-0.25, -0.2) is 0 Å². The Kier molecular flexibility index (Phi) is 4.18. The van der Waals surface area contributed by atoms with Gasteiger partial charge in [0.25, 0.3) is 0 Å². The van der Waals surface area contributed by atoms with Crippen LogP contribution in [0.4, 0.5) is 18.9 Å². The number of nitrogens with two attached hydrogens (primary N) is 1. The zero-order valence-electron chi connectivity index (χ0n) is 9.09. The Hall–Kier alpha value is -1.23. The number of para-hydroxylation sites is 1. The highest BCUT2D eigenvalue weighted by atomic mass is 19.4. The van der Waals surface area contributed by atoms with Crippen LogP contribution in [0.1, 0.15) is 12.5 Å². The van der Waals surface area contributed by atoms with Crippen LogP contribution in [-0.2, 0) is 6.54 Å². The van der Waals surface area contributed by atoms with Crippen LogP contribution in [-0.4, -0.2) is 19.3 Å². The highest BCUT2D eigenvalue weighted by Gasteiger charge is 2.30. The summed E-state index contributed by atoms with van der Waals surface area (Å²) in [5.41, 5.74) is 6.79. The van der Waals surface area contributed by atoms with Crippen LogP contribution in [0.2, 0.25) is 0 Å². The molecule has 0 aliphatic carbocycles. The van der Waals surface area contributed by atoms with Gasteiger partial charge < -0.3 is 10.6 Å². The van der Waals surface area contributed by atoms with E-state index in [0.717, 1.165) is 5.56 Å². The fraction of sp³-hybridized carbons (Fsp3) is 0.455. The summed E-state index contributed by atoms with van der Waals surface area (Å²) in [6.45, 7) is 1.29. The molecule has 1 aromatic rings. The third-order valence-corrected chi connectivity index (χ3v) is 2.30. The molecule has 0 unspecified atom stereocenters. The lowest BCUT2D eigenvalue weighted by Gasteiger charge is -2.26. The summed E-state index contributed by atoms with van der Waals surface area (Å²) in [5.74, 6) is 0. The molecule has 16 heavy (non-hydrogen) atoms. The third-order valence-electron chi connectivity index (χ3n) is 2.30. The topological polar surface area (TPSA) is 29.3 Å². The molecular formula is C11H15F3N2. The largest absolute Gasteiger partial charge is 0.405 e. The van der Waals surface area contributed by atoms with Crippen LogP contribution in [0.3, 0.4) is 0 Å². The van der Waals surface area contributed by atoms with Crippen molar-refractivity contribution in [3.05, 3.63) is 29.8 Å². The second-order valence-electron chi connectivity index (χ2n) is 3.46. The summed E-state index contributed by atoms with van der Waals surface area (Å²) in [6.07, 6.45) is -4.20. The predicted molar refractivity (Wildman–Crippen MR) is 58.3 cm³/mol. The number of halogens is 3. The van der Waals surface area contributed by atoms with Gasteiger partial charge in [-0.3, -0.25) is 0 Å². The summed E-state index contributed by atoms with van der Waals surface area (Å²) < 4.78 is 37.0. The monoisotopic (exact) mass is 232 g/mol. The van der Waals surface area contributed by atoms with Crippen LogP contribution in [0.5, 0.6) is 0 Å². The summed E-state index contributed by atoms with van der Waals surface area (Å²) >= 11 is 0. The molecule has 0 spiro atoms. The summed E-state index contributed by atoms with van der Waals surface area (Å²) in [5, 5.41) is 0. The molecule has 1 aromatic carbocycles. The first-order valence-electron chi connectivity index (χ1n) is 5.07. The van der Waals surface area contributed by atoms with Crippen LogP contribution < -0.4 is 10.6 Å². The molecule has 0 saturated heterocycles. The Morgan fingerprint density at radius 3 is 2.38 bits per heavy atom. The lowest BCUT2D eigenvalue weighted by Crippen LogP contribution is -2.34. The summed E-state index contributed by atoms with van der Waals surface area (Å²) in [7, 11) is 0. The molecule has 1 rings (SSSR count). The van der Waals surface area contributed by atoms with Gasteiger partial charge in [-0.2, -0.15) is 13.2 Å². The van der Waals surface area contributed by atoms with E-state index < -0.39 is 12.7 Å². The van der Waals surface area contributed by atoms with Crippen LogP contribution in [0.15, 0.2) is 24.3 Å². The van der Waals surface area contributed by atoms with E-state index in [0.29, 0.717) is 12.2 Å². The minimum Gasteiger partial charge on any atom is -0.363 e. The first-order valence-corrected chi connectivity index (χ1v) is 5.07. The van der Waals surface area contributed by atoms with Gasteiger partial charge in [0.05, 0.1) is 0 Å². The molecule has 0 atom stereocenters. The fourth-order valence-corrected chi connectivity index (χ4v) is 1.58. The number of benzene rings is 1. The number of hydrogen-bond acceptors (Lipinski definition) is 2. The lowest BCUT2D eigenvalue weighted by molar-refractivity contribution is -0.119. The Morgan fingerprint density at radius 2 is 1.88 bits per heavy atom. The zero-order chi connectivity index (χ0) is 12.2. The van der Waals surface area contributed by atoms with Gasteiger partial charge in [-0.05, 0) is 18.6 Å². The Labute approximate surface area is 92.9 Å². The average Bonchev–Trinajstić information content (AvgIpc) is 2.24. The van der Waals surface area contributed by atoms with Crippen molar-refractivity contribution in [2.75, 3.05) is 18.0 Å². The smallest absolute Gasteiger partial charge is 0.363 e. The minimum atomic E-state index is -4.20. The van der Waals surface area contributed by atoms with Crippen molar-refractivity contribution >= 4 is 5.69 Å². The first kappa shape index (κ1) is 12.8. The Morgan fingerprint density at radius 1 is 1.25 bits per heavy atom. The maximum atomic E-state index is 12.3. The molecule has 90 valence electrons. The zero-order valence-corrected chi connectivity index (χ0v) is 9.09. The van der Waals surface area contributed by atoms with Crippen LogP contribution in [0, 0.1) is 0 Å². The first-order chi connectivity index (χ1) is 7.48. The van der Waals surface area contributed by atoms with Crippen molar-refractivity contribution in [2.24, 2.45) is 5.73 Å². The Bertz CT molecular complexity index is 336. The number of alkyl halides is 3. The molecular weight excluding hydrogens is 217 g/mol. The molecule has 0 aromatic heterocycles. The van der Waals surface area contributed by atoms with Gasteiger partial charge in [-0.1, -0.05) is 18.2 Å². The highest BCUT2D eigenvalue weighted by molar-refractivity contribution is 5.53. The Balaban J connectivity index is 2.94. The van der Waals surface area contributed by atoms with Gasteiger partial charge in [0, 0.05) is 18.8 Å². The third kappa shape index (κ3) is 3.41. The van der Waals surface area contributed by atoms with E-state index in [1.165, 1.54) is 4.90 Å². The molecule has 0 radical (unpaired) electrons. The summed E-state index contributed by atoms with van der Waals surface area (Å²) in [6, 6.07) is 6.90. The fourth-order valence-electron chi connectivity index (χ4n) is 1.58. The van der Waals surface area contributed by atoms with Gasteiger partial charge in [-0.15, -0.1) is 0 Å². The number of nitrogens with zero attached hydrogens (tertiary/aromatic N) is 1. The number of hydrogen-bond donors (Lipinski definition) is 1. The SMILES string of the molecule is CCN(CC(F)(F)F)c1ccccc1CN. The van der Waals surface area contributed by atoms with E-state index >= 15 is 0 Å². The maximum Gasteiger partial charge on any atom is 0.405 e. The molecule has 0 aliphatic rings. The highest BCUT2D eigenvalue weighted by Crippen LogP contribution is 2.24. The van der Waals surface area contributed by atoms with E-state index in [9.17, 15) is 13.2 Å². The molecule has 0 fully saturated rings. The average molecular weight is 232 g/mol. The van der Waals surface area contributed by atoms with Gasteiger partial charge in [0.1, 0.15) is 6.54 Å². The standard InChI is InChI=1S/C11H15F3N2/c1-2-16(8-11(12,13)14)10-6-4-3-5-9(10)7-15/h3-6H,2,7-8,15H2,1H3. The van der Waals surface area contributed by atoms with E-state index in [-0.39, 0.29) is 6.54 Å². The van der Waals surface area contributed by atoms with Crippen molar-refractivity contribution in [2.45, 2.75) is 19.6 Å². The maximum absolute atomic E-state index is 12.3. The van der Waals surface area contributed by atoms with Crippen LogP contribution >= 0.6 is 0 Å². The molecule has 0 bridgehead atoms. The molecule has 2 nitrogen and oxygen atoms in total. The molecule has 0 heterocycles. The number of anilines is 1. The second kappa shape index (κ2) is 5.21. The molecule has 0 aliphatic heterocycles. The van der Waals surface area contributed by atoms with E-state index in [2.05, 4.69) is 0 Å².